The molecule has 0 saturated carbocycles. The van der Waals surface area contributed by atoms with Gasteiger partial charge in [0.1, 0.15) is 5.56 Å². The Kier molecular flexibility index (Phi) is 4.99. The molecular formula is C21H25N3O3. The number of carbonyl (C=O) groups is 1. The topological polar surface area (TPSA) is 54.9 Å². The highest BCUT2D eigenvalue weighted by molar-refractivity contribution is 5.96. The molecule has 0 N–H and O–H groups in total. The molecular weight excluding hydrogens is 342 g/mol. The van der Waals surface area contributed by atoms with Crippen LogP contribution in [0.2, 0.25) is 0 Å². The Balaban J connectivity index is 1.39. The van der Waals surface area contributed by atoms with Gasteiger partial charge in [-0.05, 0) is 30.0 Å². The van der Waals surface area contributed by atoms with E-state index in [2.05, 4.69) is 34.1 Å². The van der Waals surface area contributed by atoms with E-state index in [0.717, 1.165) is 39.0 Å². The summed E-state index contributed by atoms with van der Waals surface area (Å²) < 4.78 is 10.4. The summed E-state index contributed by atoms with van der Waals surface area (Å²) in [6.07, 6.45) is 2.22. The van der Waals surface area contributed by atoms with Crippen LogP contribution in [0.15, 0.2) is 36.4 Å². The number of amides is 1. The van der Waals surface area contributed by atoms with Crippen LogP contribution < -0.4 is 9.47 Å². The number of piperazine rings is 1. The zero-order chi connectivity index (χ0) is 18.8. The maximum Gasteiger partial charge on any atom is 0.259 e. The average molecular weight is 367 g/mol. The van der Waals surface area contributed by atoms with E-state index in [0.29, 0.717) is 23.4 Å². The van der Waals surface area contributed by atoms with E-state index in [9.17, 15) is 4.79 Å². The molecule has 1 aromatic heterocycles. The largest absolute Gasteiger partial charge is 0.481 e. The SMILES string of the molecule is COc1ccc(C(=O)N2CCN(C3Cc4ccccc4C3)CC2)c(OC)n1. The molecule has 1 fully saturated rings. The van der Waals surface area contributed by atoms with Crippen molar-refractivity contribution in [1.29, 1.82) is 0 Å². The smallest absolute Gasteiger partial charge is 0.259 e. The molecule has 1 aliphatic carbocycles. The van der Waals surface area contributed by atoms with Crippen LogP contribution in [0.5, 0.6) is 11.8 Å². The highest BCUT2D eigenvalue weighted by atomic mass is 16.5. The second-order valence-electron chi connectivity index (χ2n) is 7.07. The van der Waals surface area contributed by atoms with Crippen LogP contribution in [-0.2, 0) is 12.8 Å². The van der Waals surface area contributed by atoms with Crippen molar-refractivity contribution in [2.45, 2.75) is 18.9 Å². The molecule has 0 bridgehead atoms. The highest BCUT2D eigenvalue weighted by Crippen LogP contribution is 2.27. The summed E-state index contributed by atoms with van der Waals surface area (Å²) in [6.45, 7) is 3.24. The molecule has 0 spiro atoms. The van der Waals surface area contributed by atoms with Crippen molar-refractivity contribution in [2.24, 2.45) is 0 Å². The molecule has 2 heterocycles. The summed E-state index contributed by atoms with van der Waals surface area (Å²) in [5.74, 6) is 0.721. The Labute approximate surface area is 159 Å². The zero-order valence-electron chi connectivity index (χ0n) is 15.9. The molecule has 1 aliphatic heterocycles. The van der Waals surface area contributed by atoms with Gasteiger partial charge in [0, 0.05) is 38.3 Å². The lowest BCUT2D eigenvalue weighted by atomic mass is 10.1. The maximum absolute atomic E-state index is 12.9. The Morgan fingerprint density at radius 1 is 0.963 bits per heavy atom. The summed E-state index contributed by atoms with van der Waals surface area (Å²) >= 11 is 0. The number of rotatable bonds is 4. The first-order chi connectivity index (χ1) is 13.2. The maximum atomic E-state index is 12.9. The molecule has 0 unspecified atom stereocenters. The summed E-state index contributed by atoms with van der Waals surface area (Å²) in [5, 5.41) is 0. The Hall–Kier alpha value is -2.60. The van der Waals surface area contributed by atoms with Gasteiger partial charge in [-0.3, -0.25) is 9.69 Å². The number of methoxy groups -OCH3 is 2. The van der Waals surface area contributed by atoms with Gasteiger partial charge in [-0.1, -0.05) is 24.3 Å². The van der Waals surface area contributed by atoms with Crippen molar-refractivity contribution in [3.8, 4) is 11.8 Å². The molecule has 0 atom stereocenters. The Morgan fingerprint density at radius 3 is 2.22 bits per heavy atom. The number of hydrogen-bond acceptors (Lipinski definition) is 5. The molecule has 6 heteroatoms. The fourth-order valence-electron chi connectivity index (χ4n) is 4.11. The van der Waals surface area contributed by atoms with Gasteiger partial charge < -0.3 is 14.4 Å². The number of pyridine rings is 1. The van der Waals surface area contributed by atoms with Gasteiger partial charge in [0.25, 0.3) is 5.91 Å². The van der Waals surface area contributed by atoms with Gasteiger partial charge in [0.15, 0.2) is 0 Å². The number of hydrogen-bond donors (Lipinski definition) is 0. The van der Waals surface area contributed by atoms with Crippen LogP contribution in [0.4, 0.5) is 0 Å². The van der Waals surface area contributed by atoms with E-state index in [4.69, 9.17) is 9.47 Å². The molecule has 6 nitrogen and oxygen atoms in total. The van der Waals surface area contributed by atoms with Gasteiger partial charge >= 0.3 is 0 Å². The van der Waals surface area contributed by atoms with E-state index in [-0.39, 0.29) is 5.91 Å². The van der Waals surface area contributed by atoms with Crippen molar-refractivity contribution >= 4 is 5.91 Å². The van der Waals surface area contributed by atoms with Gasteiger partial charge in [0.2, 0.25) is 11.8 Å². The molecule has 142 valence electrons. The Morgan fingerprint density at radius 2 is 1.63 bits per heavy atom. The quantitative estimate of drug-likeness (QED) is 0.828. The standard InChI is InChI=1S/C21H25N3O3/c1-26-19-8-7-18(20(22-19)27-2)21(25)24-11-9-23(10-12-24)17-13-15-5-3-4-6-16(15)14-17/h3-8,17H,9-14H2,1-2H3. The minimum absolute atomic E-state index is 0.0311. The van der Waals surface area contributed by atoms with E-state index in [1.54, 1.807) is 19.2 Å². The van der Waals surface area contributed by atoms with Crippen LogP contribution in [0, 0.1) is 0 Å². The van der Waals surface area contributed by atoms with E-state index in [1.807, 2.05) is 4.90 Å². The molecule has 2 aliphatic rings. The Bertz CT molecular complexity index is 806. The second kappa shape index (κ2) is 7.56. The molecule has 1 saturated heterocycles. The molecule has 4 rings (SSSR count). The van der Waals surface area contributed by atoms with Gasteiger partial charge in [0.05, 0.1) is 14.2 Å². The molecule has 1 aromatic carbocycles. The molecule has 0 radical (unpaired) electrons. The monoisotopic (exact) mass is 367 g/mol. The third-order valence-electron chi connectivity index (χ3n) is 5.61. The second-order valence-corrected chi connectivity index (χ2v) is 7.07. The summed E-state index contributed by atoms with van der Waals surface area (Å²) in [5.41, 5.74) is 3.42. The number of aromatic nitrogens is 1. The first-order valence-electron chi connectivity index (χ1n) is 9.38. The summed E-state index contributed by atoms with van der Waals surface area (Å²) in [7, 11) is 3.07. The number of ether oxygens (including phenoxy) is 2. The van der Waals surface area contributed by atoms with Crippen molar-refractivity contribution in [2.75, 3.05) is 40.4 Å². The number of nitrogens with zero attached hydrogens (tertiary/aromatic N) is 3. The fraction of sp³-hybridized carbons (Fsp3) is 0.429. The van der Waals surface area contributed by atoms with Crippen LogP contribution in [-0.4, -0.2) is 67.1 Å². The number of fused-ring (bicyclic) bond motifs is 1. The zero-order valence-corrected chi connectivity index (χ0v) is 15.9. The summed E-state index contributed by atoms with van der Waals surface area (Å²) in [6, 6.07) is 12.7. The first kappa shape index (κ1) is 17.8. The van der Waals surface area contributed by atoms with Crippen LogP contribution >= 0.6 is 0 Å². The van der Waals surface area contributed by atoms with Crippen LogP contribution in [0.25, 0.3) is 0 Å². The lowest BCUT2D eigenvalue weighted by molar-refractivity contribution is 0.0572. The lowest BCUT2D eigenvalue weighted by Crippen LogP contribution is -2.52. The predicted octanol–water partition coefficient (Wildman–Crippen LogP) is 2.02. The van der Waals surface area contributed by atoms with Gasteiger partial charge in [-0.15, -0.1) is 0 Å². The molecule has 1 amide bonds. The van der Waals surface area contributed by atoms with Crippen molar-refractivity contribution in [3.05, 3.63) is 53.1 Å². The predicted molar refractivity (Wildman–Crippen MR) is 102 cm³/mol. The minimum Gasteiger partial charge on any atom is -0.481 e. The highest BCUT2D eigenvalue weighted by Gasteiger charge is 2.31. The molecule has 2 aromatic rings. The lowest BCUT2D eigenvalue weighted by Gasteiger charge is -2.38. The van der Waals surface area contributed by atoms with Crippen molar-refractivity contribution in [1.82, 2.24) is 14.8 Å². The van der Waals surface area contributed by atoms with E-state index >= 15 is 0 Å². The van der Waals surface area contributed by atoms with E-state index < -0.39 is 0 Å². The number of carbonyl (C=O) groups excluding carboxylic acids is 1. The number of benzene rings is 1. The van der Waals surface area contributed by atoms with Crippen molar-refractivity contribution in [3.63, 3.8) is 0 Å². The average Bonchev–Trinajstić information content (AvgIpc) is 3.17. The van der Waals surface area contributed by atoms with Gasteiger partial charge in [-0.2, -0.15) is 4.98 Å². The first-order valence-corrected chi connectivity index (χ1v) is 9.38. The van der Waals surface area contributed by atoms with Gasteiger partial charge in [-0.25, -0.2) is 0 Å². The van der Waals surface area contributed by atoms with E-state index in [1.165, 1.54) is 18.2 Å². The third kappa shape index (κ3) is 3.49. The fourth-order valence-corrected chi connectivity index (χ4v) is 4.11. The third-order valence-corrected chi connectivity index (χ3v) is 5.61. The van der Waals surface area contributed by atoms with Crippen molar-refractivity contribution < 1.29 is 14.3 Å². The van der Waals surface area contributed by atoms with Crippen LogP contribution in [0.1, 0.15) is 21.5 Å². The minimum atomic E-state index is -0.0311. The van der Waals surface area contributed by atoms with Crippen LogP contribution in [0.3, 0.4) is 0 Å². The summed E-state index contributed by atoms with van der Waals surface area (Å²) in [4.78, 5) is 21.6. The normalized spacial score (nSPS) is 17.6. The molecule has 27 heavy (non-hydrogen) atoms.